The highest BCUT2D eigenvalue weighted by atomic mass is 16.5. The maximum atomic E-state index is 12.7. The van der Waals surface area contributed by atoms with E-state index in [0.29, 0.717) is 18.7 Å². The fourth-order valence-corrected chi connectivity index (χ4v) is 3.39. The second-order valence-electron chi connectivity index (χ2n) is 7.46. The summed E-state index contributed by atoms with van der Waals surface area (Å²) in [7, 11) is 0. The van der Waals surface area contributed by atoms with Gasteiger partial charge in [-0.05, 0) is 37.3 Å². The van der Waals surface area contributed by atoms with Crippen LogP contribution in [-0.2, 0) is 17.8 Å². The van der Waals surface area contributed by atoms with Gasteiger partial charge in [-0.25, -0.2) is 4.79 Å². The van der Waals surface area contributed by atoms with Crippen LogP contribution in [0.25, 0.3) is 0 Å². The van der Waals surface area contributed by atoms with E-state index >= 15 is 0 Å². The van der Waals surface area contributed by atoms with E-state index in [1.807, 2.05) is 45.0 Å². The molecule has 1 saturated heterocycles. The molecule has 7 nitrogen and oxygen atoms in total. The van der Waals surface area contributed by atoms with Gasteiger partial charge >= 0.3 is 6.03 Å². The second-order valence-corrected chi connectivity index (χ2v) is 7.46. The molecule has 1 N–H and O–H groups in total. The minimum Gasteiger partial charge on any atom is -0.337 e. The van der Waals surface area contributed by atoms with Gasteiger partial charge in [-0.15, -0.1) is 0 Å². The number of carbonyl (C=O) groups is 2. The summed E-state index contributed by atoms with van der Waals surface area (Å²) in [5.41, 5.74) is 1.38. The molecule has 1 atom stereocenters. The van der Waals surface area contributed by atoms with Crippen molar-refractivity contribution in [2.24, 2.45) is 5.92 Å². The molecule has 1 aromatic carbocycles. The molecule has 0 spiro atoms. The van der Waals surface area contributed by atoms with Crippen molar-refractivity contribution in [1.29, 1.82) is 0 Å². The Balaban J connectivity index is 1.70. The number of urea groups is 1. The molecular weight excluding hydrogens is 332 g/mol. The van der Waals surface area contributed by atoms with E-state index in [9.17, 15) is 9.59 Å². The first-order valence-corrected chi connectivity index (χ1v) is 8.78. The Morgan fingerprint density at radius 3 is 2.69 bits per heavy atom. The quantitative estimate of drug-likeness (QED) is 0.804. The Morgan fingerprint density at radius 1 is 1.27 bits per heavy atom. The summed E-state index contributed by atoms with van der Waals surface area (Å²) in [6, 6.07) is 7.56. The molecule has 0 radical (unpaired) electrons. The SMILES string of the molecule is Cc1ccccc1Cc1noc(CN2C(=O)NC(C)(CC(C)C)C2=O)n1. The summed E-state index contributed by atoms with van der Waals surface area (Å²) in [5, 5.41) is 6.76. The summed E-state index contributed by atoms with van der Waals surface area (Å²) in [5.74, 6) is 0.820. The number of aromatic nitrogens is 2. The highest BCUT2D eigenvalue weighted by Crippen LogP contribution is 2.26. The molecule has 3 rings (SSSR count). The topological polar surface area (TPSA) is 88.3 Å². The first-order chi connectivity index (χ1) is 12.3. The van der Waals surface area contributed by atoms with Crippen molar-refractivity contribution in [3.63, 3.8) is 0 Å². The number of rotatable bonds is 6. The summed E-state index contributed by atoms with van der Waals surface area (Å²) in [6.07, 6.45) is 1.12. The zero-order valence-electron chi connectivity index (χ0n) is 15.6. The van der Waals surface area contributed by atoms with E-state index in [1.54, 1.807) is 6.92 Å². The molecule has 26 heavy (non-hydrogen) atoms. The van der Waals surface area contributed by atoms with Gasteiger partial charge in [0.1, 0.15) is 12.1 Å². The number of imide groups is 1. The summed E-state index contributed by atoms with van der Waals surface area (Å²) >= 11 is 0. The molecular formula is C19H24N4O3. The highest BCUT2D eigenvalue weighted by molar-refractivity contribution is 6.06. The Kier molecular flexibility index (Phi) is 4.80. The summed E-state index contributed by atoms with van der Waals surface area (Å²) < 4.78 is 5.25. The van der Waals surface area contributed by atoms with Crippen LogP contribution in [0.1, 0.15) is 50.0 Å². The van der Waals surface area contributed by atoms with Crippen LogP contribution in [0, 0.1) is 12.8 Å². The third-order valence-corrected chi connectivity index (χ3v) is 4.57. The van der Waals surface area contributed by atoms with Crippen molar-refractivity contribution in [3.05, 3.63) is 47.1 Å². The maximum absolute atomic E-state index is 12.7. The van der Waals surface area contributed by atoms with Gasteiger partial charge in [0.25, 0.3) is 5.91 Å². The lowest BCUT2D eigenvalue weighted by Crippen LogP contribution is -2.44. The van der Waals surface area contributed by atoms with Crippen LogP contribution in [0.3, 0.4) is 0 Å². The van der Waals surface area contributed by atoms with Gasteiger partial charge in [0, 0.05) is 6.42 Å². The molecule has 1 fully saturated rings. The van der Waals surface area contributed by atoms with Gasteiger partial charge in [-0.2, -0.15) is 4.98 Å². The van der Waals surface area contributed by atoms with E-state index in [4.69, 9.17) is 4.52 Å². The fraction of sp³-hybridized carbons (Fsp3) is 0.474. The van der Waals surface area contributed by atoms with Crippen molar-refractivity contribution < 1.29 is 14.1 Å². The molecule has 138 valence electrons. The first-order valence-electron chi connectivity index (χ1n) is 8.78. The van der Waals surface area contributed by atoms with Crippen LogP contribution in [0.4, 0.5) is 4.79 Å². The van der Waals surface area contributed by atoms with Gasteiger partial charge in [-0.1, -0.05) is 43.3 Å². The lowest BCUT2D eigenvalue weighted by molar-refractivity contribution is -0.131. The van der Waals surface area contributed by atoms with Crippen LogP contribution in [-0.4, -0.2) is 32.5 Å². The average molecular weight is 356 g/mol. The molecule has 1 aliphatic rings. The average Bonchev–Trinajstić information content (AvgIpc) is 3.07. The molecule has 0 bridgehead atoms. The van der Waals surface area contributed by atoms with Gasteiger partial charge in [0.05, 0.1) is 0 Å². The molecule has 0 saturated carbocycles. The normalized spacial score (nSPS) is 20.1. The van der Waals surface area contributed by atoms with E-state index < -0.39 is 11.6 Å². The van der Waals surface area contributed by atoms with Crippen LogP contribution in [0.5, 0.6) is 0 Å². The molecule has 1 aliphatic heterocycles. The van der Waals surface area contributed by atoms with Crippen molar-refractivity contribution in [2.75, 3.05) is 0 Å². The smallest absolute Gasteiger partial charge is 0.325 e. The molecule has 2 heterocycles. The van der Waals surface area contributed by atoms with Gasteiger partial charge in [0.2, 0.25) is 5.89 Å². The Morgan fingerprint density at radius 2 is 2.00 bits per heavy atom. The van der Waals surface area contributed by atoms with Gasteiger partial charge in [0.15, 0.2) is 5.82 Å². The number of nitrogens with one attached hydrogen (secondary N) is 1. The van der Waals surface area contributed by atoms with Gasteiger partial charge in [-0.3, -0.25) is 9.69 Å². The maximum Gasteiger partial charge on any atom is 0.325 e. The first kappa shape index (κ1) is 18.1. The Labute approximate surface area is 152 Å². The van der Waals surface area contributed by atoms with Crippen LogP contribution in [0.15, 0.2) is 28.8 Å². The summed E-state index contributed by atoms with van der Waals surface area (Å²) in [6.45, 7) is 7.80. The number of nitrogens with zero attached hydrogens (tertiary/aromatic N) is 3. The highest BCUT2D eigenvalue weighted by Gasteiger charge is 2.48. The zero-order valence-corrected chi connectivity index (χ0v) is 15.6. The molecule has 1 unspecified atom stereocenters. The van der Waals surface area contributed by atoms with Crippen molar-refractivity contribution in [3.8, 4) is 0 Å². The number of carbonyl (C=O) groups excluding carboxylic acids is 2. The van der Waals surface area contributed by atoms with E-state index in [1.165, 1.54) is 0 Å². The van der Waals surface area contributed by atoms with Crippen LogP contribution < -0.4 is 5.32 Å². The largest absolute Gasteiger partial charge is 0.337 e. The predicted octanol–water partition coefficient (Wildman–Crippen LogP) is 2.83. The third kappa shape index (κ3) is 3.61. The molecule has 7 heteroatoms. The molecule has 1 aromatic heterocycles. The standard InChI is InChI=1S/C19H24N4O3/c1-12(2)10-19(4)17(24)23(18(25)21-19)11-16-20-15(22-26-16)9-14-8-6-5-7-13(14)3/h5-8,12H,9-11H2,1-4H3,(H,21,25). The van der Waals surface area contributed by atoms with Crippen molar-refractivity contribution in [1.82, 2.24) is 20.4 Å². The number of hydrogen-bond donors (Lipinski definition) is 1. The predicted molar refractivity (Wildman–Crippen MR) is 95.2 cm³/mol. The van der Waals surface area contributed by atoms with E-state index in [2.05, 4.69) is 15.5 Å². The third-order valence-electron chi connectivity index (χ3n) is 4.57. The molecule has 3 amide bonds. The van der Waals surface area contributed by atoms with Crippen molar-refractivity contribution >= 4 is 11.9 Å². The molecule has 0 aliphatic carbocycles. The number of amides is 3. The van der Waals surface area contributed by atoms with Crippen LogP contribution in [0.2, 0.25) is 0 Å². The van der Waals surface area contributed by atoms with Crippen LogP contribution >= 0.6 is 0 Å². The van der Waals surface area contributed by atoms with Gasteiger partial charge < -0.3 is 9.84 Å². The summed E-state index contributed by atoms with van der Waals surface area (Å²) in [4.78, 5) is 30.4. The Bertz CT molecular complexity index is 830. The van der Waals surface area contributed by atoms with Crippen molar-refractivity contribution in [2.45, 2.75) is 52.6 Å². The minimum absolute atomic E-state index is 0.0148. The number of aryl methyl sites for hydroxylation is 1. The lowest BCUT2D eigenvalue weighted by atomic mass is 9.91. The second kappa shape index (κ2) is 6.90. The fourth-order valence-electron chi connectivity index (χ4n) is 3.39. The molecule has 2 aromatic rings. The zero-order chi connectivity index (χ0) is 18.9. The Hall–Kier alpha value is -2.70. The van der Waals surface area contributed by atoms with E-state index in [0.717, 1.165) is 16.0 Å². The number of hydrogen-bond acceptors (Lipinski definition) is 5. The lowest BCUT2D eigenvalue weighted by Gasteiger charge is -2.23. The monoisotopic (exact) mass is 356 g/mol. The number of benzene rings is 1. The van der Waals surface area contributed by atoms with E-state index in [-0.39, 0.29) is 24.3 Å². The minimum atomic E-state index is -0.880.